The molecule has 0 spiro atoms. The second-order valence-corrected chi connectivity index (χ2v) is 10.9. The zero-order valence-corrected chi connectivity index (χ0v) is 20.1. The highest BCUT2D eigenvalue weighted by Gasteiger charge is 2.34. The fourth-order valence-corrected chi connectivity index (χ4v) is 6.02. The number of hydrogen-bond donors (Lipinski definition) is 2. The molecule has 1 aliphatic heterocycles. The molecule has 1 aromatic heterocycles. The number of carbonyl (C=O) groups excluding carboxylic acids is 2. The average molecular weight is 499 g/mol. The summed E-state index contributed by atoms with van der Waals surface area (Å²) in [7, 11) is -3.69. The van der Waals surface area contributed by atoms with Gasteiger partial charge >= 0.3 is 0 Å². The molecule has 3 aromatic rings. The largest absolute Gasteiger partial charge is 0.344 e. The predicted octanol–water partition coefficient (Wildman–Crippen LogP) is 2.91. The van der Waals surface area contributed by atoms with Gasteiger partial charge in [-0.05, 0) is 30.5 Å². The third kappa shape index (κ3) is 5.88. The number of carbonyl (C=O) groups is 2. The van der Waals surface area contributed by atoms with Crippen molar-refractivity contribution in [3.05, 3.63) is 77.8 Å². The summed E-state index contributed by atoms with van der Waals surface area (Å²) >= 11 is 1.29. The summed E-state index contributed by atoms with van der Waals surface area (Å²) in [5.74, 6) is -1.24. The number of nitrogens with one attached hydrogen (secondary N) is 2. The normalized spacial score (nSPS) is 17.6. The summed E-state index contributed by atoms with van der Waals surface area (Å²) in [6, 6.07) is 16.8. The van der Waals surface area contributed by atoms with Gasteiger partial charge < -0.3 is 10.6 Å². The summed E-state index contributed by atoms with van der Waals surface area (Å²) in [4.78, 5) is 30.5. The molecule has 2 heterocycles. The SMILES string of the molecule is O=C(N[C@@H](Cc1ccccc1)C(=O)Nc1nccs1)[C@H]1CCCN(S(=O)(=O)c2ccccc2)C1. The van der Waals surface area contributed by atoms with E-state index in [0.717, 1.165) is 5.56 Å². The first kappa shape index (κ1) is 24.1. The van der Waals surface area contributed by atoms with E-state index >= 15 is 0 Å². The lowest BCUT2D eigenvalue weighted by molar-refractivity contribution is -0.130. The van der Waals surface area contributed by atoms with Crippen molar-refractivity contribution in [2.24, 2.45) is 5.92 Å². The first-order valence-electron chi connectivity index (χ1n) is 11.0. The van der Waals surface area contributed by atoms with Crippen molar-refractivity contribution < 1.29 is 18.0 Å². The smallest absolute Gasteiger partial charge is 0.249 e. The van der Waals surface area contributed by atoms with Crippen molar-refractivity contribution in [3.63, 3.8) is 0 Å². The number of amides is 2. The molecule has 2 aromatic carbocycles. The van der Waals surface area contributed by atoms with Crippen LogP contribution in [0.3, 0.4) is 0 Å². The standard InChI is InChI=1S/C24H26N4O4S2/c29-22(19-10-7-14-28(17-19)34(31,32)20-11-5-2-6-12-20)26-21(16-18-8-3-1-4-9-18)23(30)27-24-25-13-15-33-24/h1-6,8-9,11-13,15,19,21H,7,10,14,16-17H2,(H,26,29)(H,25,27,30)/t19-,21-/m0/s1. The van der Waals surface area contributed by atoms with Crippen LogP contribution in [0.2, 0.25) is 0 Å². The Labute approximate surface area is 203 Å². The van der Waals surface area contributed by atoms with Gasteiger partial charge in [-0.1, -0.05) is 48.5 Å². The zero-order chi connectivity index (χ0) is 24.0. The molecular formula is C24H26N4O4S2. The molecule has 0 unspecified atom stereocenters. The molecule has 8 nitrogen and oxygen atoms in total. The van der Waals surface area contributed by atoms with E-state index in [9.17, 15) is 18.0 Å². The predicted molar refractivity (Wildman–Crippen MR) is 131 cm³/mol. The van der Waals surface area contributed by atoms with Crippen LogP contribution in [0.25, 0.3) is 0 Å². The molecule has 0 radical (unpaired) electrons. The summed E-state index contributed by atoms with van der Waals surface area (Å²) in [5.41, 5.74) is 0.902. The molecule has 34 heavy (non-hydrogen) atoms. The molecule has 4 rings (SSSR count). The van der Waals surface area contributed by atoms with Crippen molar-refractivity contribution >= 4 is 38.3 Å². The van der Waals surface area contributed by atoms with Crippen molar-refractivity contribution in [3.8, 4) is 0 Å². The fraction of sp³-hybridized carbons (Fsp3) is 0.292. The molecule has 0 saturated carbocycles. The van der Waals surface area contributed by atoms with Crippen LogP contribution in [0.15, 0.2) is 77.1 Å². The van der Waals surface area contributed by atoms with Gasteiger partial charge in [-0.25, -0.2) is 13.4 Å². The Kier molecular flexibility index (Phi) is 7.71. The van der Waals surface area contributed by atoms with Crippen molar-refractivity contribution in [1.82, 2.24) is 14.6 Å². The first-order valence-corrected chi connectivity index (χ1v) is 13.4. The van der Waals surface area contributed by atoms with E-state index in [-0.39, 0.29) is 23.3 Å². The molecular weight excluding hydrogens is 472 g/mol. The summed E-state index contributed by atoms with van der Waals surface area (Å²) in [6.45, 7) is 0.439. The van der Waals surface area contributed by atoms with E-state index in [1.165, 1.54) is 15.6 Å². The quantitative estimate of drug-likeness (QED) is 0.497. The van der Waals surface area contributed by atoms with Gasteiger partial charge in [0.2, 0.25) is 21.8 Å². The zero-order valence-electron chi connectivity index (χ0n) is 18.5. The maximum absolute atomic E-state index is 13.2. The Balaban J connectivity index is 1.47. The van der Waals surface area contributed by atoms with Crippen molar-refractivity contribution in [1.29, 1.82) is 0 Å². The number of sulfonamides is 1. The van der Waals surface area contributed by atoms with Crippen LogP contribution in [0.5, 0.6) is 0 Å². The molecule has 10 heteroatoms. The summed E-state index contributed by atoms with van der Waals surface area (Å²) in [6.07, 6.45) is 3.02. The third-order valence-electron chi connectivity index (χ3n) is 5.71. The highest BCUT2D eigenvalue weighted by molar-refractivity contribution is 7.89. The number of hydrogen-bond acceptors (Lipinski definition) is 6. The van der Waals surface area contributed by atoms with E-state index in [2.05, 4.69) is 15.6 Å². The highest BCUT2D eigenvalue weighted by atomic mass is 32.2. The number of piperidine rings is 1. The van der Waals surface area contributed by atoms with Gasteiger partial charge in [0.25, 0.3) is 0 Å². The van der Waals surface area contributed by atoms with Gasteiger partial charge in [-0.15, -0.1) is 11.3 Å². The second kappa shape index (κ2) is 10.9. The Morgan fingerprint density at radius 3 is 2.47 bits per heavy atom. The summed E-state index contributed by atoms with van der Waals surface area (Å²) < 4.78 is 27.4. The Morgan fingerprint density at radius 2 is 1.79 bits per heavy atom. The van der Waals surface area contributed by atoms with E-state index < -0.39 is 22.0 Å². The van der Waals surface area contributed by atoms with Crippen molar-refractivity contribution in [2.45, 2.75) is 30.2 Å². The number of aromatic nitrogens is 1. The first-order chi connectivity index (χ1) is 16.4. The minimum atomic E-state index is -3.69. The van der Waals surface area contributed by atoms with Crippen LogP contribution in [0.4, 0.5) is 5.13 Å². The Morgan fingerprint density at radius 1 is 1.09 bits per heavy atom. The molecule has 0 aliphatic carbocycles. The van der Waals surface area contributed by atoms with Gasteiger partial charge in [0, 0.05) is 31.1 Å². The molecule has 0 bridgehead atoms. The van der Waals surface area contributed by atoms with Crippen LogP contribution >= 0.6 is 11.3 Å². The molecule has 2 amide bonds. The Bertz CT molecular complexity index is 1200. The fourth-order valence-electron chi connectivity index (χ4n) is 3.94. The minimum absolute atomic E-state index is 0.0786. The molecule has 1 aliphatic rings. The number of rotatable bonds is 8. The molecule has 2 atom stereocenters. The number of nitrogens with zero attached hydrogens (tertiary/aromatic N) is 2. The van der Waals surface area contributed by atoms with Gasteiger partial charge in [0.1, 0.15) is 6.04 Å². The summed E-state index contributed by atoms with van der Waals surface area (Å²) in [5, 5.41) is 7.82. The van der Waals surface area contributed by atoms with Gasteiger partial charge in [0.05, 0.1) is 10.8 Å². The highest BCUT2D eigenvalue weighted by Crippen LogP contribution is 2.24. The number of thiazole rings is 1. The molecule has 1 saturated heterocycles. The lowest BCUT2D eigenvalue weighted by Crippen LogP contribution is -2.51. The molecule has 178 valence electrons. The number of anilines is 1. The van der Waals surface area contributed by atoms with Gasteiger partial charge in [-0.3, -0.25) is 9.59 Å². The van der Waals surface area contributed by atoms with Crippen LogP contribution in [-0.4, -0.2) is 48.7 Å². The lowest BCUT2D eigenvalue weighted by atomic mass is 9.97. The van der Waals surface area contributed by atoms with E-state index in [4.69, 9.17) is 0 Å². The molecule has 2 N–H and O–H groups in total. The van der Waals surface area contributed by atoms with Crippen LogP contribution in [0.1, 0.15) is 18.4 Å². The third-order valence-corrected chi connectivity index (χ3v) is 8.28. The van der Waals surface area contributed by atoms with E-state index in [0.29, 0.717) is 30.9 Å². The maximum Gasteiger partial charge on any atom is 0.249 e. The van der Waals surface area contributed by atoms with E-state index in [1.807, 2.05) is 30.3 Å². The van der Waals surface area contributed by atoms with Gasteiger partial charge in [0.15, 0.2) is 5.13 Å². The second-order valence-electron chi connectivity index (χ2n) is 8.09. The minimum Gasteiger partial charge on any atom is -0.344 e. The van der Waals surface area contributed by atoms with Crippen LogP contribution in [-0.2, 0) is 26.0 Å². The van der Waals surface area contributed by atoms with Gasteiger partial charge in [-0.2, -0.15) is 4.31 Å². The van der Waals surface area contributed by atoms with Crippen molar-refractivity contribution in [2.75, 3.05) is 18.4 Å². The maximum atomic E-state index is 13.2. The van der Waals surface area contributed by atoms with Crippen LogP contribution in [0, 0.1) is 5.92 Å². The topological polar surface area (TPSA) is 108 Å². The lowest BCUT2D eigenvalue weighted by Gasteiger charge is -2.32. The van der Waals surface area contributed by atoms with E-state index in [1.54, 1.807) is 41.9 Å². The van der Waals surface area contributed by atoms with Crippen LogP contribution < -0.4 is 10.6 Å². The average Bonchev–Trinajstić information content (AvgIpc) is 3.38. The number of benzene rings is 2. The molecule has 1 fully saturated rings. The Hall–Kier alpha value is -3.08. The monoisotopic (exact) mass is 498 g/mol.